The molecule has 0 aliphatic heterocycles. The average Bonchev–Trinajstić information content (AvgIpc) is 3.23. The lowest BCUT2D eigenvalue weighted by Gasteiger charge is -2.22. The summed E-state index contributed by atoms with van der Waals surface area (Å²) in [5, 5.41) is 16.0. The van der Waals surface area contributed by atoms with E-state index in [0.29, 0.717) is 12.4 Å². The third-order valence-electron chi connectivity index (χ3n) is 4.77. The third kappa shape index (κ3) is 5.73. The second kappa shape index (κ2) is 9.63. The number of aromatic nitrogens is 4. The standard InChI is InChI=1S/C23H29N5O2/c1-17(19-13-9-6-10-14-19)28-26-21(25-27-28)20(24-22(29)23(2,3)4)16-30-15-18-11-7-5-8-12-18/h5-14,17,20H,15-16H2,1-4H3,(H,24,29). The lowest BCUT2D eigenvalue weighted by molar-refractivity contribution is -0.129. The normalized spacial score (nSPS) is 13.6. The van der Waals surface area contributed by atoms with Gasteiger partial charge in [0.2, 0.25) is 5.91 Å². The molecule has 0 radical (unpaired) electrons. The van der Waals surface area contributed by atoms with Crippen LogP contribution in [0.5, 0.6) is 0 Å². The maximum atomic E-state index is 12.6. The van der Waals surface area contributed by atoms with E-state index < -0.39 is 11.5 Å². The fourth-order valence-corrected chi connectivity index (χ4v) is 2.83. The molecule has 0 bridgehead atoms. The van der Waals surface area contributed by atoms with Crippen molar-refractivity contribution in [1.29, 1.82) is 0 Å². The zero-order chi connectivity index (χ0) is 21.6. The van der Waals surface area contributed by atoms with Gasteiger partial charge in [0.05, 0.1) is 19.3 Å². The van der Waals surface area contributed by atoms with Gasteiger partial charge < -0.3 is 10.1 Å². The van der Waals surface area contributed by atoms with E-state index in [1.165, 1.54) is 0 Å². The summed E-state index contributed by atoms with van der Waals surface area (Å²) in [5.41, 5.74) is 1.61. The van der Waals surface area contributed by atoms with Gasteiger partial charge >= 0.3 is 0 Å². The highest BCUT2D eigenvalue weighted by Gasteiger charge is 2.27. The average molecular weight is 408 g/mol. The molecule has 158 valence electrons. The van der Waals surface area contributed by atoms with Crippen molar-refractivity contribution in [3.63, 3.8) is 0 Å². The molecule has 0 spiro atoms. The van der Waals surface area contributed by atoms with E-state index in [2.05, 4.69) is 20.7 Å². The van der Waals surface area contributed by atoms with Crippen molar-refractivity contribution in [2.45, 2.75) is 46.4 Å². The Hall–Kier alpha value is -3.06. The van der Waals surface area contributed by atoms with Gasteiger partial charge in [0.25, 0.3) is 0 Å². The van der Waals surface area contributed by atoms with Gasteiger partial charge in [-0.1, -0.05) is 81.4 Å². The molecule has 2 unspecified atom stereocenters. The SMILES string of the molecule is CC(c1ccccc1)n1nnc(C(COCc2ccccc2)NC(=O)C(C)(C)C)n1. The molecule has 1 heterocycles. The molecule has 7 nitrogen and oxygen atoms in total. The predicted molar refractivity (Wildman–Crippen MR) is 115 cm³/mol. The number of benzene rings is 2. The summed E-state index contributed by atoms with van der Waals surface area (Å²) in [7, 11) is 0. The predicted octanol–water partition coefficient (Wildman–Crippen LogP) is 3.70. The Labute approximate surface area is 177 Å². The Morgan fingerprint density at radius 1 is 1.07 bits per heavy atom. The van der Waals surface area contributed by atoms with Crippen LogP contribution in [0.3, 0.4) is 0 Å². The second-order valence-corrected chi connectivity index (χ2v) is 8.33. The van der Waals surface area contributed by atoms with E-state index in [1.807, 2.05) is 88.4 Å². The number of carbonyl (C=O) groups excluding carboxylic acids is 1. The van der Waals surface area contributed by atoms with Crippen LogP contribution in [0.4, 0.5) is 0 Å². The lowest BCUT2D eigenvalue weighted by Crippen LogP contribution is -2.39. The number of hydrogen-bond acceptors (Lipinski definition) is 5. The molecular weight excluding hydrogens is 378 g/mol. The highest BCUT2D eigenvalue weighted by molar-refractivity contribution is 5.81. The van der Waals surface area contributed by atoms with E-state index in [-0.39, 0.29) is 18.6 Å². The first-order chi connectivity index (χ1) is 14.3. The molecule has 0 saturated heterocycles. The molecule has 1 amide bonds. The zero-order valence-electron chi connectivity index (χ0n) is 17.9. The number of nitrogens with zero attached hydrogens (tertiary/aromatic N) is 4. The largest absolute Gasteiger partial charge is 0.374 e. The minimum Gasteiger partial charge on any atom is -0.374 e. The Kier molecular flexibility index (Phi) is 6.95. The summed E-state index contributed by atoms with van der Waals surface area (Å²) in [6.45, 7) is 8.30. The highest BCUT2D eigenvalue weighted by atomic mass is 16.5. The smallest absolute Gasteiger partial charge is 0.226 e. The van der Waals surface area contributed by atoms with Crippen LogP contribution < -0.4 is 5.32 Å². The van der Waals surface area contributed by atoms with Gasteiger partial charge in [0.15, 0.2) is 5.82 Å². The number of nitrogens with one attached hydrogen (secondary N) is 1. The van der Waals surface area contributed by atoms with E-state index >= 15 is 0 Å². The van der Waals surface area contributed by atoms with Gasteiger partial charge in [0, 0.05) is 5.41 Å². The molecule has 30 heavy (non-hydrogen) atoms. The monoisotopic (exact) mass is 407 g/mol. The van der Waals surface area contributed by atoms with Crippen molar-refractivity contribution in [3.05, 3.63) is 77.6 Å². The van der Waals surface area contributed by atoms with Gasteiger partial charge in [-0.25, -0.2) is 0 Å². The molecule has 2 atom stereocenters. The van der Waals surface area contributed by atoms with E-state index in [0.717, 1.165) is 11.1 Å². The molecule has 0 aliphatic rings. The first kappa shape index (κ1) is 21.6. The molecular formula is C23H29N5O2. The van der Waals surface area contributed by atoms with Gasteiger partial charge in [-0.15, -0.1) is 10.2 Å². The molecule has 1 N–H and O–H groups in total. The van der Waals surface area contributed by atoms with Crippen LogP contribution in [-0.2, 0) is 16.1 Å². The summed E-state index contributed by atoms with van der Waals surface area (Å²) < 4.78 is 5.87. The Morgan fingerprint density at radius 2 is 1.70 bits per heavy atom. The molecule has 2 aromatic carbocycles. The fraction of sp³-hybridized carbons (Fsp3) is 0.391. The first-order valence-corrected chi connectivity index (χ1v) is 10.1. The minimum atomic E-state index is -0.537. The fourth-order valence-electron chi connectivity index (χ4n) is 2.83. The summed E-state index contributed by atoms with van der Waals surface area (Å²) in [4.78, 5) is 14.2. The van der Waals surface area contributed by atoms with Crippen molar-refractivity contribution in [2.24, 2.45) is 5.41 Å². The van der Waals surface area contributed by atoms with Gasteiger partial charge in [-0.05, 0) is 23.3 Å². The number of amides is 1. The van der Waals surface area contributed by atoms with Crippen molar-refractivity contribution in [2.75, 3.05) is 6.61 Å². The summed E-state index contributed by atoms with van der Waals surface area (Å²) in [6.07, 6.45) is 0. The number of hydrogen-bond donors (Lipinski definition) is 1. The summed E-state index contributed by atoms with van der Waals surface area (Å²) in [5.74, 6) is 0.340. The van der Waals surface area contributed by atoms with Crippen LogP contribution in [0.25, 0.3) is 0 Å². The van der Waals surface area contributed by atoms with Crippen LogP contribution in [0.2, 0.25) is 0 Å². The number of tetrazole rings is 1. The van der Waals surface area contributed by atoms with E-state index in [4.69, 9.17) is 4.74 Å². The molecule has 3 aromatic rings. The zero-order valence-corrected chi connectivity index (χ0v) is 17.9. The molecule has 3 rings (SSSR count). The van der Waals surface area contributed by atoms with Crippen LogP contribution >= 0.6 is 0 Å². The summed E-state index contributed by atoms with van der Waals surface area (Å²) in [6, 6.07) is 19.3. The number of carbonyl (C=O) groups is 1. The van der Waals surface area contributed by atoms with Gasteiger partial charge in [-0.2, -0.15) is 4.80 Å². The minimum absolute atomic E-state index is 0.0725. The molecule has 0 fully saturated rings. The Bertz CT molecular complexity index is 935. The van der Waals surface area contributed by atoms with Crippen LogP contribution in [0.15, 0.2) is 60.7 Å². The molecule has 7 heteroatoms. The quantitative estimate of drug-likeness (QED) is 0.616. The van der Waals surface area contributed by atoms with E-state index in [1.54, 1.807) is 4.80 Å². The number of ether oxygens (including phenoxy) is 1. The Morgan fingerprint density at radius 3 is 2.33 bits per heavy atom. The maximum Gasteiger partial charge on any atom is 0.226 e. The van der Waals surface area contributed by atoms with Crippen LogP contribution in [-0.4, -0.2) is 32.7 Å². The second-order valence-electron chi connectivity index (χ2n) is 8.33. The lowest BCUT2D eigenvalue weighted by atomic mass is 9.95. The van der Waals surface area contributed by atoms with E-state index in [9.17, 15) is 4.79 Å². The van der Waals surface area contributed by atoms with Crippen molar-refractivity contribution in [1.82, 2.24) is 25.5 Å². The van der Waals surface area contributed by atoms with Crippen LogP contribution in [0.1, 0.15) is 56.7 Å². The summed E-state index contributed by atoms with van der Waals surface area (Å²) >= 11 is 0. The maximum absolute atomic E-state index is 12.6. The van der Waals surface area contributed by atoms with Crippen molar-refractivity contribution in [3.8, 4) is 0 Å². The molecule has 1 aromatic heterocycles. The Balaban J connectivity index is 1.74. The van der Waals surface area contributed by atoms with Gasteiger partial charge in [-0.3, -0.25) is 4.79 Å². The molecule has 0 aliphatic carbocycles. The van der Waals surface area contributed by atoms with Crippen molar-refractivity contribution >= 4 is 5.91 Å². The first-order valence-electron chi connectivity index (χ1n) is 10.1. The third-order valence-corrected chi connectivity index (χ3v) is 4.77. The van der Waals surface area contributed by atoms with Crippen molar-refractivity contribution < 1.29 is 9.53 Å². The highest BCUT2D eigenvalue weighted by Crippen LogP contribution is 2.19. The topological polar surface area (TPSA) is 81.9 Å². The van der Waals surface area contributed by atoms with Crippen LogP contribution in [0, 0.1) is 5.41 Å². The molecule has 0 saturated carbocycles. The van der Waals surface area contributed by atoms with Gasteiger partial charge in [0.1, 0.15) is 6.04 Å². The number of rotatable bonds is 8.